The molecule has 150 valence electrons. The largest absolute Gasteiger partial charge is 0.478 e. The molecule has 0 fully saturated rings. The highest BCUT2D eigenvalue weighted by atomic mass is 16.5. The lowest BCUT2D eigenvalue weighted by molar-refractivity contribution is 0.0514. The maximum Gasteiger partial charge on any atom is 0.339 e. The lowest BCUT2D eigenvalue weighted by atomic mass is 9.95. The van der Waals surface area contributed by atoms with Crippen molar-refractivity contribution in [2.45, 2.75) is 6.92 Å². The van der Waals surface area contributed by atoms with Crippen molar-refractivity contribution in [2.24, 2.45) is 0 Å². The number of esters is 2. The van der Waals surface area contributed by atoms with Crippen molar-refractivity contribution in [1.29, 1.82) is 0 Å². The summed E-state index contributed by atoms with van der Waals surface area (Å²) in [5.74, 6) is -5.25. The van der Waals surface area contributed by atoms with E-state index in [1.54, 1.807) is 6.92 Å². The highest BCUT2D eigenvalue weighted by Crippen LogP contribution is 2.20. The summed E-state index contributed by atoms with van der Waals surface area (Å²) in [5, 5.41) is 18.4. The molecule has 0 aliphatic carbocycles. The Balaban J connectivity index is 2.56. The average molecular weight is 400 g/mol. The summed E-state index contributed by atoms with van der Waals surface area (Å²) >= 11 is 0. The number of ether oxygens (including phenoxy) is 2. The Morgan fingerprint density at radius 2 is 1.21 bits per heavy atom. The van der Waals surface area contributed by atoms with Crippen molar-refractivity contribution in [3.8, 4) is 0 Å². The Hall–Kier alpha value is -4.01. The fourth-order valence-corrected chi connectivity index (χ4v) is 2.57. The summed E-state index contributed by atoms with van der Waals surface area (Å²) in [6.07, 6.45) is 0. The van der Waals surface area contributed by atoms with Gasteiger partial charge in [0.25, 0.3) is 0 Å². The molecule has 9 heteroatoms. The third kappa shape index (κ3) is 4.46. The number of hydrogen-bond acceptors (Lipinski definition) is 7. The molecule has 2 rings (SSSR count). The Kier molecular flexibility index (Phi) is 6.45. The van der Waals surface area contributed by atoms with Gasteiger partial charge in [-0.1, -0.05) is 12.1 Å². The van der Waals surface area contributed by atoms with E-state index in [0.717, 1.165) is 31.4 Å². The zero-order chi connectivity index (χ0) is 21.7. The van der Waals surface area contributed by atoms with Gasteiger partial charge in [-0.15, -0.1) is 0 Å². The molecule has 0 atom stereocenters. The van der Waals surface area contributed by atoms with Crippen LogP contribution in [0.2, 0.25) is 0 Å². The average Bonchev–Trinajstić information content (AvgIpc) is 2.71. The number of carbonyl (C=O) groups excluding carboxylic acids is 3. The minimum atomic E-state index is -1.38. The molecule has 0 unspecified atom stereocenters. The number of carbonyl (C=O) groups is 5. The molecule has 0 radical (unpaired) electrons. The van der Waals surface area contributed by atoms with Crippen LogP contribution in [0.3, 0.4) is 0 Å². The first-order valence-corrected chi connectivity index (χ1v) is 8.26. The van der Waals surface area contributed by atoms with Gasteiger partial charge >= 0.3 is 23.9 Å². The summed E-state index contributed by atoms with van der Waals surface area (Å²) in [4.78, 5) is 59.3. The van der Waals surface area contributed by atoms with Crippen molar-refractivity contribution in [3.05, 3.63) is 69.8 Å². The molecule has 2 aromatic rings. The van der Waals surface area contributed by atoms with Gasteiger partial charge in [-0.2, -0.15) is 0 Å². The number of carboxylic acid groups (broad SMARTS) is 2. The second kappa shape index (κ2) is 8.79. The second-order valence-electron chi connectivity index (χ2n) is 5.67. The minimum absolute atomic E-state index is 0.00913. The normalized spacial score (nSPS) is 10.1. The van der Waals surface area contributed by atoms with Crippen LogP contribution in [0.1, 0.15) is 64.3 Å². The fourth-order valence-electron chi connectivity index (χ4n) is 2.57. The standard InChI is InChI=1S/C20H16O9/c1-3-29-20(27)15-9-11(5-7-13(15)18(24)25)16(21)10-4-6-12(17(22)23)14(8-10)19(26)28-2/h4-9H,3H2,1-2H3,(H,22,23)(H,24,25). The smallest absolute Gasteiger partial charge is 0.339 e. The number of hydrogen-bond donors (Lipinski definition) is 2. The van der Waals surface area contributed by atoms with E-state index in [0.29, 0.717) is 0 Å². The predicted molar refractivity (Wildman–Crippen MR) is 97.5 cm³/mol. The molecule has 9 nitrogen and oxygen atoms in total. The van der Waals surface area contributed by atoms with E-state index in [1.807, 2.05) is 0 Å². The third-order valence-electron chi connectivity index (χ3n) is 3.92. The van der Waals surface area contributed by atoms with Crippen molar-refractivity contribution >= 4 is 29.7 Å². The highest BCUT2D eigenvalue weighted by molar-refractivity contribution is 6.13. The number of methoxy groups -OCH3 is 1. The van der Waals surface area contributed by atoms with Crippen LogP contribution in [0.15, 0.2) is 36.4 Å². The van der Waals surface area contributed by atoms with Crippen molar-refractivity contribution in [1.82, 2.24) is 0 Å². The van der Waals surface area contributed by atoms with E-state index in [-0.39, 0.29) is 40.0 Å². The van der Waals surface area contributed by atoms with E-state index in [9.17, 15) is 34.2 Å². The van der Waals surface area contributed by atoms with Crippen LogP contribution in [0.4, 0.5) is 0 Å². The van der Waals surface area contributed by atoms with Crippen LogP contribution in [0, 0.1) is 0 Å². The molecule has 0 aliphatic rings. The number of rotatable bonds is 7. The summed E-state index contributed by atoms with van der Waals surface area (Å²) < 4.78 is 9.37. The van der Waals surface area contributed by atoms with E-state index in [2.05, 4.69) is 4.74 Å². The van der Waals surface area contributed by atoms with Crippen LogP contribution in [-0.2, 0) is 9.47 Å². The van der Waals surface area contributed by atoms with Gasteiger partial charge in [0.1, 0.15) is 0 Å². The molecule has 0 aliphatic heterocycles. The van der Waals surface area contributed by atoms with Gasteiger partial charge < -0.3 is 19.7 Å². The Bertz CT molecular complexity index is 1020. The molecule has 0 amide bonds. The Labute approximate surface area is 164 Å². The molecule has 0 saturated heterocycles. The third-order valence-corrected chi connectivity index (χ3v) is 3.92. The Morgan fingerprint density at radius 1 is 0.759 bits per heavy atom. The zero-order valence-corrected chi connectivity index (χ0v) is 15.4. The van der Waals surface area contributed by atoms with E-state index >= 15 is 0 Å². The topological polar surface area (TPSA) is 144 Å². The molecular weight excluding hydrogens is 384 g/mol. The molecule has 0 saturated carbocycles. The lowest BCUT2D eigenvalue weighted by Gasteiger charge is -2.10. The molecule has 2 aromatic carbocycles. The van der Waals surface area contributed by atoms with Gasteiger partial charge in [-0.3, -0.25) is 4.79 Å². The molecule has 0 heterocycles. The van der Waals surface area contributed by atoms with Crippen LogP contribution in [0.5, 0.6) is 0 Å². The van der Waals surface area contributed by atoms with Crippen LogP contribution in [-0.4, -0.2) is 53.6 Å². The second-order valence-corrected chi connectivity index (χ2v) is 5.67. The van der Waals surface area contributed by atoms with E-state index < -0.39 is 29.7 Å². The van der Waals surface area contributed by atoms with Gasteiger partial charge in [0.05, 0.1) is 36.0 Å². The van der Waals surface area contributed by atoms with Gasteiger partial charge in [0.2, 0.25) is 0 Å². The van der Waals surface area contributed by atoms with Gasteiger partial charge in [0, 0.05) is 11.1 Å². The summed E-state index contributed by atoms with van der Waals surface area (Å²) in [6.45, 7) is 1.56. The van der Waals surface area contributed by atoms with Crippen molar-refractivity contribution < 1.29 is 43.7 Å². The summed E-state index contributed by atoms with van der Waals surface area (Å²) in [7, 11) is 1.07. The highest BCUT2D eigenvalue weighted by Gasteiger charge is 2.23. The summed E-state index contributed by atoms with van der Waals surface area (Å²) in [6, 6.07) is 6.72. The van der Waals surface area contributed by atoms with Crippen LogP contribution in [0.25, 0.3) is 0 Å². The molecule has 0 bridgehead atoms. The maximum absolute atomic E-state index is 12.8. The molecule has 0 aromatic heterocycles. The quantitative estimate of drug-likeness (QED) is 0.528. The number of carboxylic acids is 2. The predicted octanol–water partition coefficient (Wildman–Crippen LogP) is 2.28. The van der Waals surface area contributed by atoms with Gasteiger partial charge in [0.15, 0.2) is 5.78 Å². The van der Waals surface area contributed by atoms with E-state index in [4.69, 9.17) is 4.74 Å². The van der Waals surface area contributed by atoms with Crippen LogP contribution < -0.4 is 0 Å². The van der Waals surface area contributed by atoms with Gasteiger partial charge in [-0.05, 0) is 31.2 Å². The van der Waals surface area contributed by atoms with Crippen molar-refractivity contribution in [3.63, 3.8) is 0 Å². The minimum Gasteiger partial charge on any atom is -0.478 e. The lowest BCUT2D eigenvalue weighted by Crippen LogP contribution is -2.15. The SMILES string of the molecule is CCOC(=O)c1cc(C(=O)c2ccc(C(=O)O)c(C(=O)OC)c2)ccc1C(=O)O. The molecule has 2 N–H and O–H groups in total. The number of benzene rings is 2. The first-order chi connectivity index (χ1) is 13.7. The zero-order valence-electron chi connectivity index (χ0n) is 15.4. The van der Waals surface area contributed by atoms with Gasteiger partial charge in [-0.25, -0.2) is 19.2 Å². The fraction of sp³-hybridized carbons (Fsp3) is 0.150. The summed E-state index contributed by atoms with van der Waals surface area (Å²) in [5.41, 5.74) is -1.40. The first kappa shape index (κ1) is 21.3. The Morgan fingerprint density at radius 3 is 1.59 bits per heavy atom. The maximum atomic E-state index is 12.8. The van der Waals surface area contributed by atoms with Crippen LogP contribution >= 0.6 is 0 Å². The number of ketones is 1. The van der Waals surface area contributed by atoms with E-state index in [1.165, 1.54) is 12.1 Å². The number of aromatic carboxylic acids is 2. The molecule has 0 spiro atoms. The molecule has 29 heavy (non-hydrogen) atoms. The molecular formula is C20H16O9. The van der Waals surface area contributed by atoms with Crippen molar-refractivity contribution in [2.75, 3.05) is 13.7 Å². The monoisotopic (exact) mass is 400 g/mol. The first-order valence-electron chi connectivity index (χ1n) is 8.26.